The van der Waals surface area contributed by atoms with Gasteiger partial charge in [-0.1, -0.05) is 114 Å². The van der Waals surface area contributed by atoms with Gasteiger partial charge in [0.2, 0.25) is 5.70 Å². The van der Waals surface area contributed by atoms with Crippen LogP contribution in [-0.4, -0.2) is 39.3 Å². The molecule has 11 heteroatoms. The van der Waals surface area contributed by atoms with Gasteiger partial charge in [0, 0.05) is 40.2 Å². The summed E-state index contributed by atoms with van der Waals surface area (Å²) in [7, 11) is -3.02. The highest BCUT2D eigenvalue weighted by Gasteiger charge is 2.61. The molecular weight excluding hydrogens is 782 g/mol. The van der Waals surface area contributed by atoms with E-state index in [1.807, 2.05) is 30.4 Å². The van der Waals surface area contributed by atoms with E-state index in [2.05, 4.69) is 111 Å². The largest absolute Gasteiger partial charge is 0.534 e. The van der Waals surface area contributed by atoms with Gasteiger partial charge in [-0.25, -0.2) is 4.85 Å². The van der Waals surface area contributed by atoms with E-state index in [1.165, 1.54) is 23.5 Å². The van der Waals surface area contributed by atoms with Crippen LogP contribution in [0.25, 0.3) is 23.1 Å². The normalized spacial score (nSPS) is 17.4. The molecule has 2 heterocycles. The third-order valence-corrected chi connectivity index (χ3v) is 16.7. The summed E-state index contributed by atoms with van der Waals surface area (Å²) in [6, 6.07) is 34.5. The Bertz CT molecular complexity index is 2220. The van der Waals surface area contributed by atoms with E-state index < -0.39 is 43.4 Å². The van der Waals surface area contributed by atoms with E-state index >= 15 is 0 Å². The van der Waals surface area contributed by atoms with Crippen molar-refractivity contribution >= 4 is 53.9 Å². The van der Waals surface area contributed by atoms with Crippen molar-refractivity contribution in [3.8, 4) is 17.9 Å². The molecule has 0 aliphatic carbocycles. The third kappa shape index (κ3) is 9.58. The standard InChI is InChI=1S/C48H51F3N4O2SSi/c1-8-10-30-55(31-11-9-2)37-24-22-35(43(32-37)57-59(46(3,4)5,40-18-14-12-15-19-40)41-20-16-13-17-21-41)23-25-38-26-27-39(58-38)28-29-42-44(54-7)45(36(33-52)34-53)56-47(42,6)48(49,50)51/h12-29,32,36,45H,8-11,30-31H2,1-6H3/b25-23+,29-28+. The van der Waals surface area contributed by atoms with Crippen molar-refractivity contribution in [1.82, 2.24) is 0 Å². The number of alkyl halides is 3. The van der Waals surface area contributed by atoms with Crippen LogP contribution in [-0.2, 0) is 4.74 Å². The predicted molar refractivity (Wildman–Crippen MR) is 237 cm³/mol. The van der Waals surface area contributed by atoms with Gasteiger partial charge < -0.3 is 14.1 Å². The molecule has 0 fully saturated rings. The van der Waals surface area contributed by atoms with Gasteiger partial charge in [0.25, 0.3) is 0 Å². The number of nitrogens with zero attached hydrogens (tertiary/aromatic N) is 4. The Hall–Kier alpha value is -5.38. The zero-order chi connectivity index (χ0) is 42.8. The molecule has 0 radical (unpaired) electrons. The molecule has 1 aromatic heterocycles. The predicted octanol–water partition coefficient (Wildman–Crippen LogP) is 11.8. The summed E-state index contributed by atoms with van der Waals surface area (Å²) >= 11 is 1.37. The van der Waals surface area contributed by atoms with Gasteiger partial charge in [0.1, 0.15) is 11.9 Å². The van der Waals surface area contributed by atoms with Gasteiger partial charge in [0.05, 0.1) is 18.7 Å². The fourth-order valence-corrected chi connectivity index (χ4v) is 12.7. The van der Waals surface area contributed by atoms with Crippen LogP contribution in [0.5, 0.6) is 5.75 Å². The highest BCUT2D eigenvalue weighted by Crippen LogP contribution is 2.49. The van der Waals surface area contributed by atoms with Crippen LogP contribution in [0.15, 0.2) is 108 Å². The fraction of sp³-hybridized carbons (Fsp3) is 0.354. The van der Waals surface area contributed by atoms with Crippen molar-refractivity contribution in [2.75, 3.05) is 18.0 Å². The molecule has 59 heavy (non-hydrogen) atoms. The second-order valence-corrected chi connectivity index (χ2v) is 21.2. The van der Waals surface area contributed by atoms with Crippen LogP contribution in [0.1, 0.15) is 82.5 Å². The van der Waals surface area contributed by atoms with Crippen molar-refractivity contribution in [2.45, 2.75) is 90.1 Å². The van der Waals surface area contributed by atoms with Gasteiger partial charge in [-0.15, -0.1) is 11.3 Å². The summed E-state index contributed by atoms with van der Waals surface area (Å²) in [5.41, 5.74) is -1.68. The number of halogens is 3. The molecule has 306 valence electrons. The van der Waals surface area contributed by atoms with Crippen molar-refractivity contribution in [3.63, 3.8) is 0 Å². The smallest absolute Gasteiger partial charge is 0.420 e. The first-order chi connectivity index (χ1) is 28.2. The first-order valence-corrected chi connectivity index (χ1v) is 22.7. The Kier molecular flexibility index (Phi) is 14.5. The number of hydrogen-bond acceptors (Lipinski definition) is 6. The van der Waals surface area contributed by atoms with Crippen LogP contribution in [0, 0.1) is 35.2 Å². The van der Waals surface area contributed by atoms with Gasteiger partial charge in [-0.3, -0.25) is 0 Å². The van der Waals surface area contributed by atoms with Crippen LogP contribution in [0.3, 0.4) is 0 Å². The number of anilines is 1. The second-order valence-electron chi connectivity index (χ2n) is 15.8. The molecule has 4 aromatic rings. The lowest BCUT2D eigenvalue weighted by Gasteiger charge is -2.43. The van der Waals surface area contributed by atoms with Crippen molar-refractivity contribution in [3.05, 3.63) is 135 Å². The summed E-state index contributed by atoms with van der Waals surface area (Å²) in [6.07, 6.45) is 4.55. The van der Waals surface area contributed by atoms with Crippen LogP contribution < -0.4 is 19.7 Å². The average molecular weight is 833 g/mol. The number of hydrogen-bond donors (Lipinski definition) is 0. The molecule has 0 amide bonds. The number of rotatable bonds is 16. The summed E-state index contributed by atoms with van der Waals surface area (Å²) in [5, 5.41) is 20.9. The highest BCUT2D eigenvalue weighted by molar-refractivity contribution is 7.13. The monoisotopic (exact) mass is 832 g/mol. The quantitative estimate of drug-likeness (QED) is 0.0830. The van der Waals surface area contributed by atoms with Gasteiger partial charge in [-0.05, 0) is 83.2 Å². The van der Waals surface area contributed by atoms with Crippen LogP contribution in [0.2, 0.25) is 5.04 Å². The minimum absolute atomic E-state index is 0.273. The summed E-state index contributed by atoms with van der Waals surface area (Å²) in [5.74, 6) is -0.794. The lowest BCUT2D eigenvalue weighted by Crippen LogP contribution is -2.68. The Morgan fingerprint density at radius 1 is 0.864 bits per heavy atom. The maximum atomic E-state index is 14.4. The van der Waals surface area contributed by atoms with Crippen LogP contribution >= 0.6 is 11.3 Å². The number of nitriles is 2. The third-order valence-electron chi connectivity index (χ3n) is 10.8. The molecule has 2 unspecified atom stereocenters. The molecule has 0 N–H and O–H groups in total. The second kappa shape index (κ2) is 19.1. The molecule has 0 bridgehead atoms. The van der Waals surface area contributed by atoms with Crippen molar-refractivity contribution in [1.29, 1.82) is 10.5 Å². The molecular formula is C48H51F3N4O2SSi. The van der Waals surface area contributed by atoms with E-state index in [9.17, 15) is 23.7 Å². The topological polar surface area (TPSA) is 73.6 Å². The SMILES string of the molecule is [C-]#[N+]C1=C(/C=C/c2ccc(/C=C/c3ccc(N(CCCC)CCCC)cc3O[Si](c3ccccc3)(c3ccccc3)C(C)(C)C)s2)C(C)(C(F)(F)F)OC1C(C#N)C#N. The van der Waals surface area contributed by atoms with Gasteiger partial charge in [-0.2, -0.15) is 23.7 Å². The molecule has 0 spiro atoms. The molecule has 0 saturated heterocycles. The number of benzene rings is 3. The Balaban J connectivity index is 1.59. The zero-order valence-electron chi connectivity index (χ0n) is 34.5. The van der Waals surface area contributed by atoms with E-state index in [4.69, 9.17) is 15.7 Å². The number of unbranched alkanes of at least 4 members (excludes halogenated alkanes) is 2. The highest BCUT2D eigenvalue weighted by atomic mass is 32.1. The molecule has 1 aliphatic heterocycles. The molecule has 1 aliphatic rings. The molecule has 0 saturated carbocycles. The maximum absolute atomic E-state index is 14.4. The first-order valence-electron chi connectivity index (χ1n) is 20.0. The van der Waals surface area contributed by atoms with Crippen LogP contribution in [0.4, 0.5) is 18.9 Å². The van der Waals surface area contributed by atoms with Crippen molar-refractivity contribution in [2.24, 2.45) is 5.92 Å². The van der Waals surface area contributed by atoms with Crippen molar-refractivity contribution < 1.29 is 22.3 Å². The van der Waals surface area contributed by atoms with E-state index in [0.717, 1.165) is 77.9 Å². The lowest BCUT2D eigenvalue weighted by atomic mass is 9.93. The zero-order valence-corrected chi connectivity index (χ0v) is 36.3. The minimum Gasteiger partial charge on any atom is -0.534 e. The number of thiophene rings is 1. The van der Waals surface area contributed by atoms with Gasteiger partial charge in [0.15, 0.2) is 11.5 Å². The fourth-order valence-electron chi connectivity index (χ4n) is 7.46. The Labute approximate surface area is 352 Å². The number of ether oxygens (including phenoxy) is 1. The summed E-state index contributed by atoms with van der Waals surface area (Å²) < 4.78 is 56.3. The molecule has 6 nitrogen and oxygen atoms in total. The first kappa shape index (κ1) is 44.7. The molecule has 3 aromatic carbocycles. The average Bonchev–Trinajstić information content (AvgIpc) is 3.80. The maximum Gasteiger partial charge on any atom is 0.420 e. The Morgan fingerprint density at radius 2 is 1.41 bits per heavy atom. The Morgan fingerprint density at radius 3 is 1.88 bits per heavy atom. The lowest BCUT2D eigenvalue weighted by molar-refractivity contribution is -0.256. The van der Waals surface area contributed by atoms with E-state index in [-0.39, 0.29) is 5.04 Å². The molecule has 5 rings (SSSR count). The van der Waals surface area contributed by atoms with E-state index in [0.29, 0.717) is 4.88 Å². The minimum atomic E-state index is -4.90. The van der Waals surface area contributed by atoms with Gasteiger partial charge >= 0.3 is 14.5 Å². The summed E-state index contributed by atoms with van der Waals surface area (Å²) in [6.45, 7) is 21.5. The molecule has 2 atom stereocenters. The van der Waals surface area contributed by atoms with E-state index in [1.54, 1.807) is 18.2 Å². The summed E-state index contributed by atoms with van der Waals surface area (Å²) in [4.78, 5) is 7.27.